The monoisotopic (exact) mass is 422 g/mol. The molecule has 0 aliphatic carbocycles. The average Bonchev–Trinajstić information content (AvgIpc) is 3.26. The van der Waals surface area contributed by atoms with Crippen LogP contribution in [0.25, 0.3) is 11.3 Å². The maximum atomic E-state index is 13.0. The maximum Gasteiger partial charge on any atom is 0.243 e. The van der Waals surface area contributed by atoms with Gasteiger partial charge in [-0.3, -0.25) is 0 Å². The third-order valence-electron chi connectivity index (χ3n) is 5.43. The van der Waals surface area contributed by atoms with Crippen LogP contribution >= 0.6 is 0 Å². The number of aromatic nitrogens is 2. The van der Waals surface area contributed by atoms with Gasteiger partial charge in [0.15, 0.2) is 0 Å². The van der Waals surface area contributed by atoms with Crippen molar-refractivity contribution in [3.05, 3.63) is 71.9 Å². The number of nitrogens with zero attached hydrogens (tertiary/aromatic N) is 4. The van der Waals surface area contributed by atoms with Gasteiger partial charge < -0.3 is 4.90 Å². The van der Waals surface area contributed by atoms with E-state index in [1.54, 1.807) is 28.6 Å². The molecule has 0 N–H and O–H groups in total. The Bertz CT molecular complexity index is 1130. The standard InChI is InChI=1S/C23H26N4O2S/c1-17-9-11-18(12-10-17)21-15-22(25-23(24-21)26(2)3)19-13-14-27(16-19)30(28,29)20-7-5-4-6-8-20/h4-12,15,19H,13-14,16H2,1-3H3/t19-/m0/s1. The highest BCUT2D eigenvalue weighted by Crippen LogP contribution is 2.32. The summed E-state index contributed by atoms with van der Waals surface area (Å²) < 4.78 is 27.5. The van der Waals surface area contributed by atoms with Gasteiger partial charge in [-0.1, -0.05) is 48.0 Å². The molecule has 156 valence electrons. The molecule has 4 rings (SSSR count). The number of aryl methyl sites for hydroxylation is 1. The van der Waals surface area contributed by atoms with Crippen molar-refractivity contribution in [3.63, 3.8) is 0 Å². The molecule has 2 aromatic carbocycles. The fourth-order valence-electron chi connectivity index (χ4n) is 3.66. The van der Waals surface area contributed by atoms with Gasteiger partial charge in [0.25, 0.3) is 0 Å². The first-order valence-electron chi connectivity index (χ1n) is 10.0. The van der Waals surface area contributed by atoms with Gasteiger partial charge >= 0.3 is 0 Å². The lowest BCUT2D eigenvalue weighted by Gasteiger charge is -2.18. The van der Waals surface area contributed by atoms with E-state index >= 15 is 0 Å². The zero-order valence-electron chi connectivity index (χ0n) is 17.5. The minimum absolute atomic E-state index is 0.0365. The number of sulfonamides is 1. The van der Waals surface area contributed by atoms with Crippen LogP contribution in [0.4, 0.5) is 5.95 Å². The number of benzene rings is 2. The molecule has 1 aliphatic heterocycles. The Kier molecular flexibility index (Phi) is 5.58. The minimum atomic E-state index is -3.49. The summed E-state index contributed by atoms with van der Waals surface area (Å²) in [5, 5.41) is 0. The Morgan fingerprint density at radius 2 is 1.70 bits per heavy atom. The summed E-state index contributed by atoms with van der Waals surface area (Å²) in [5.41, 5.74) is 3.96. The summed E-state index contributed by atoms with van der Waals surface area (Å²) in [6.07, 6.45) is 0.739. The van der Waals surface area contributed by atoms with Crippen molar-refractivity contribution in [1.29, 1.82) is 0 Å². The average molecular weight is 423 g/mol. The second-order valence-electron chi connectivity index (χ2n) is 7.90. The molecule has 3 aromatic rings. The second kappa shape index (κ2) is 8.16. The lowest BCUT2D eigenvalue weighted by Crippen LogP contribution is -2.28. The fourth-order valence-corrected chi connectivity index (χ4v) is 5.18. The number of hydrogen-bond donors (Lipinski definition) is 0. The van der Waals surface area contributed by atoms with E-state index in [1.165, 1.54) is 5.56 Å². The largest absolute Gasteiger partial charge is 0.347 e. The van der Waals surface area contributed by atoms with Crippen LogP contribution in [0.5, 0.6) is 0 Å². The summed E-state index contributed by atoms with van der Waals surface area (Å²) in [7, 11) is 0.337. The highest BCUT2D eigenvalue weighted by Gasteiger charge is 2.34. The van der Waals surface area contributed by atoms with E-state index in [0.717, 1.165) is 23.4 Å². The predicted octanol–water partition coefficient (Wildman–Crippen LogP) is 3.70. The fraction of sp³-hybridized carbons (Fsp3) is 0.304. The molecule has 2 heterocycles. The Morgan fingerprint density at radius 3 is 2.37 bits per heavy atom. The van der Waals surface area contributed by atoms with E-state index in [0.29, 0.717) is 23.9 Å². The number of hydrogen-bond acceptors (Lipinski definition) is 5. The van der Waals surface area contributed by atoms with Crippen LogP contribution in [0.2, 0.25) is 0 Å². The Morgan fingerprint density at radius 1 is 1.00 bits per heavy atom. The van der Waals surface area contributed by atoms with Gasteiger partial charge in [0.1, 0.15) is 0 Å². The molecule has 0 bridgehead atoms. The normalized spacial score (nSPS) is 17.2. The van der Waals surface area contributed by atoms with Crippen molar-refractivity contribution in [2.24, 2.45) is 0 Å². The maximum absolute atomic E-state index is 13.0. The Hall–Kier alpha value is -2.77. The van der Waals surface area contributed by atoms with E-state index in [9.17, 15) is 8.42 Å². The molecule has 30 heavy (non-hydrogen) atoms. The molecule has 7 heteroatoms. The molecule has 0 saturated carbocycles. The molecule has 1 fully saturated rings. The summed E-state index contributed by atoms with van der Waals surface area (Å²) in [4.78, 5) is 11.7. The summed E-state index contributed by atoms with van der Waals surface area (Å²) in [6.45, 7) is 2.97. The van der Waals surface area contributed by atoms with Gasteiger partial charge in [-0.15, -0.1) is 0 Å². The van der Waals surface area contributed by atoms with Crippen LogP contribution < -0.4 is 4.90 Å². The van der Waals surface area contributed by atoms with Crippen LogP contribution in [0.15, 0.2) is 65.6 Å². The highest BCUT2D eigenvalue weighted by molar-refractivity contribution is 7.89. The number of anilines is 1. The van der Waals surface area contributed by atoms with Gasteiger partial charge in [0.05, 0.1) is 16.3 Å². The number of rotatable bonds is 5. The lowest BCUT2D eigenvalue weighted by atomic mass is 10.0. The first-order valence-corrected chi connectivity index (χ1v) is 11.5. The molecule has 1 atom stereocenters. The quantitative estimate of drug-likeness (QED) is 0.627. The predicted molar refractivity (Wildman–Crippen MR) is 119 cm³/mol. The topological polar surface area (TPSA) is 66.4 Å². The Labute approximate surface area is 178 Å². The van der Waals surface area contributed by atoms with Crippen molar-refractivity contribution < 1.29 is 8.42 Å². The molecule has 6 nitrogen and oxygen atoms in total. The zero-order chi connectivity index (χ0) is 21.3. The zero-order valence-corrected chi connectivity index (χ0v) is 18.3. The molecule has 1 aromatic heterocycles. The molecular formula is C23H26N4O2S. The Balaban J connectivity index is 1.65. The second-order valence-corrected chi connectivity index (χ2v) is 9.84. The van der Waals surface area contributed by atoms with Crippen molar-refractivity contribution in [2.45, 2.75) is 24.2 Å². The first-order chi connectivity index (χ1) is 14.3. The summed E-state index contributed by atoms with van der Waals surface area (Å²) >= 11 is 0. The van der Waals surface area contributed by atoms with Gasteiger partial charge in [-0.05, 0) is 31.5 Å². The molecule has 0 radical (unpaired) electrons. The van der Waals surface area contributed by atoms with Crippen LogP contribution in [0.3, 0.4) is 0 Å². The lowest BCUT2D eigenvalue weighted by molar-refractivity contribution is 0.472. The van der Waals surface area contributed by atoms with E-state index in [2.05, 4.69) is 31.2 Å². The van der Waals surface area contributed by atoms with Crippen molar-refractivity contribution in [2.75, 3.05) is 32.1 Å². The van der Waals surface area contributed by atoms with E-state index in [-0.39, 0.29) is 5.92 Å². The van der Waals surface area contributed by atoms with Crippen LogP contribution in [-0.4, -0.2) is 49.9 Å². The third-order valence-corrected chi connectivity index (χ3v) is 7.31. The smallest absolute Gasteiger partial charge is 0.243 e. The van der Waals surface area contributed by atoms with Crippen LogP contribution in [0.1, 0.15) is 23.6 Å². The van der Waals surface area contributed by atoms with Crippen molar-refractivity contribution >= 4 is 16.0 Å². The molecule has 0 amide bonds. The van der Waals surface area contributed by atoms with Crippen molar-refractivity contribution in [1.82, 2.24) is 14.3 Å². The van der Waals surface area contributed by atoms with Crippen LogP contribution in [0, 0.1) is 6.92 Å². The van der Waals surface area contributed by atoms with Crippen LogP contribution in [-0.2, 0) is 10.0 Å². The molecule has 0 unspecified atom stereocenters. The van der Waals surface area contributed by atoms with E-state index in [4.69, 9.17) is 9.97 Å². The van der Waals surface area contributed by atoms with Gasteiger partial charge in [-0.25, -0.2) is 18.4 Å². The van der Waals surface area contributed by atoms with Gasteiger partial charge in [0.2, 0.25) is 16.0 Å². The van der Waals surface area contributed by atoms with E-state index < -0.39 is 10.0 Å². The molecule has 0 spiro atoms. The highest BCUT2D eigenvalue weighted by atomic mass is 32.2. The van der Waals surface area contributed by atoms with Gasteiger partial charge in [-0.2, -0.15) is 4.31 Å². The van der Waals surface area contributed by atoms with Crippen molar-refractivity contribution in [3.8, 4) is 11.3 Å². The van der Waals surface area contributed by atoms with Gasteiger partial charge in [0, 0.05) is 38.7 Å². The molecular weight excluding hydrogens is 396 g/mol. The minimum Gasteiger partial charge on any atom is -0.347 e. The first kappa shape index (κ1) is 20.5. The SMILES string of the molecule is Cc1ccc(-c2cc([C@H]3CCN(S(=O)(=O)c4ccccc4)C3)nc(N(C)C)n2)cc1. The summed E-state index contributed by atoms with van der Waals surface area (Å²) in [6, 6.07) is 18.9. The molecule has 1 aliphatic rings. The summed E-state index contributed by atoms with van der Waals surface area (Å²) in [5.74, 6) is 0.668. The third kappa shape index (κ3) is 4.08. The molecule has 1 saturated heterocycles. The van der Waals surface area contributed by atoms with E-state index in [1.807, 2.05) is 31.1 Å².